The molecule has 1 amide bonds. The minimum atomic E-state index is -0.162. The van der Waals surface area contributed by atoms with Crippen LogP contribution in [0, 0.1) is 0 Å². The predicted octanol–water partition coefficient (Wildman–Crippen LogP) is 1.81. The zero-order valence-electron chi connectivity index (χ0n) is 11.5. The standard InChI is InChI=1S/C15H17N3O2/c1-11(12-5-7-14(19)8-6-12)16-17-15(20)10-13-4-3-9-18(13)2/h3-9,19H,10H2,1-2H3,(H,17,20)/b16-11-. The van der Waals surface area contributed by atoms with Gasteiger partial charge in [-0.05, 0) is 48.9 Å². The molecule has 2 N–H and O–H groups in total. The first-order valence-corrected chi connectivity index (χ1v) is 6.29. The molecule has 0 atom stereocenters. The summed E-state index contributed by atoms with van der Waals surface area (Å²) in [6.45, 7) is 1.80. The molecule has 0 radical (unpaired) electrons. The number of phenolic OH excluding ortho intramolecular Hbond substituents is 1. The molecule has 0 bridgehead atoms. The Kier molecular flexibility index (Phi) is 4.20. The number of hydrazone groups is 1. The van der Waals surface area contributed by atoms with Crippen LogP contribution in [0.2, 0.25) is 0 Å². The van der Waals surface area contributed by atoms with Crippen LogP contribution < -0.4 is 5.43 Å². The third kappa shape index (κ3) is 3.47. The van der Waals surface area contributed by atoms with Gasteiger partial charge in [0.15, 0.2) is 0 Å². The molecule has 1 heterocycles. The van der Waals surface area contributed by atoms with E-state index in [1.54, 1.807) is 31.2 Å². The molecule has 0 aliphatic carbocycles. The molecular formula is C15H17N3O2. The fraction of sp³-hybridized carbons (Fsp3) is 0.200. The van der Waals surface area contributed by atoms with Gasteiger partial charge in [0.05, 0.1) is 12.1 Å². The van der Waals surface area contributed by atoms with Gasteiger partial charge in [-0.1, -0.05) is 0 Å². The van der Waals surface area contributed by atoms with Gasteiger partial charge in [-0.3, -0.25) is 4.79 Å². The van der Waals surface area contributed by atoms with Gasteiger partial charge in [0.2, 0.25) is 5.91 Å². The number of nitrogens with zero attached hydrogens (tertiary/aromatic N) is 2. The van der Waals surface area contributed by atoms with E-state index in [0.29, 0.717) is 5.71 Å². The van der Waals surface area contributed by atoms with Crippen molar-refractivity contribution in [2.24, 2.45) is 12.1 Å². The summed E-state index contributed by atoms with van der Waals surface area (Å²) in [5, 5.41) is 13.3. The van der Waals surface area contributed by atoms with Crippen molar-refractivity contribution in [3.05, 3.63) is 53.9 Å². The summed E-state index contributed by atoms with van der Waals surface area (Å²) in [5.41, 5.74) is 5.00. The quantitative estimate of drug-likeness (QED) is 0.658. The minimum absolute atomic E-state index is 0.162. The summed E-state index contributed by atoms with van der Waals surface area (Å²) in [6, 6.07) is 10.5. The molecule has 20 heavy (non-hydrogen) atoms. The van der Waals surface area contributed by atoms with E-state index in [1.165, 1.54) is 0 Å². The molecule has 0 aliphatic heterocycles. The first kappa shape index (κ1) is 13.9. The number of hydrogen-bond acceptors (Lipinski definition) is 3. The molecular weight excluding hydrogens is 254 g/mol. The molecule has 0 fully saturated rings. The summed E-state index contributed by atoms with van der Waals surface area (Å²) in [5.74, 6) is 0.0409. The van der Waals surface area contributed by atoms with Gasteiger partial charge in [-0.15, -0.1) is 0 Å². The van der Waals surface area contributed by atoms with Crippen LogP contribution >= 0.6 is 0 Å². The number of rotatable bonds is 4. The lowest BCUT2D eigenvalue weighted by Gasteiger charge is -2.04. The van der Waals surface area contributed by atoms with Crippen molar-refractivity contribution in [2.45, 2.75) is 13.3 Å². The summed E-state index contributed by atoms with van der Waals surface area (Å²) in [6.07, 6.45) is 2.18. The average Bonchev–Trinajstić information content (AvgIpc) is 2.82. The Morgan fingerprint density at radius 1 is 1.30 bits per heavy atom. The van der Waals surface area contributed by atoms with Crippen molar-refractivity contribution in [1.29, 1.82) is 0 Å². The summed E-state index contributed by atoms with van der Waals surface area (Å²) >= 11 is 0. The maximum atomic E-state index is 11.8. The van der Waals surface area contributed by atoms with E-state index in [9.17, 15) is 9.90 Å². The van der Waals surface area contributed by atoms with Gasteiger partial charge in [0, 0.05) is 18.9 Å². The molecule has 0 aliphatic rings. The highest BCUT2D eigenvalue weighted by atomic mass is 16.3. The topological polar surface area (TPSA) is 66.6 Å². The van der Waals surface area contributed by atoms with Gasteiger partial charge < -0.3 is 9.67 Å². The molecule has 5 nitrogen and oxygen atoms in total. The average molecular weight is 271 g/mol. The highest BCUT2D eigenvalue weighted by Gasteiger charge is 2.05. The lowest BCUT2D eigenvalue weighted by atomic mass is 10.1. The highest BCUT2D eigenvalue weighted by Crippen LogP contribution is 2.10. The van der Waals surface area contributed by atoms with E-state index in [2.05, 4.69) is 10.5 Å². The lowest BCUT2D eigenvalue weighted by molar-refractivity contribution is -0.120. The monoisotopic (exact) mass is 271 g/mol. The Balaban J connectivity index is 1.96. The largest absolute Gasteiger partial charge is 0.508 e. The van der Waals surface area contributed by atoms with Gasteiger partial charge in [-0.2, -0.15) is 5.10 Å². The molecule has 104 valence electrons. The van der Waals surface area contributed by atoms with Crippen molar-refractivity contribution in [1.82, 2.24) is 9.99 Å². The molecule has 0 saturated heterocycles. The molecule has 1 aromatic heterocycles. The molecule has 0 saturated carbocycles. The normalized spacial score (nSPS) is 11.4. The zero-order valence-corrected chi connectivity index (χ0v) is 11.5. The maximum Gasteiger partial charge on any atom is 0.246 e. The third-order valence-corrected chi connectivity index (χ3v) is 3.03. The summed E-state index contributed by atoms with van der Waals surface area (Å²) < 4.78 is 1.90. The Morgan fingerprint density at radius 2 is 2.00 bits per heavy atom. The number of carbonyl (C=O) groups is 1. The van der Waals surface area contributed by atoms with E-state index in [1.807, 2.05) is 29.9 Å². The fourth-order valence-corrected chi connectivity index (χ4v) is 1.80. The molecule has 5 heteroatoms. The number of carbonyl (C=O) groups excluding carboxylic acids is 1. The fourth-order valence-electron chi connectivity index (χ4n) is 1.80. The Labute approximate surface area is 117 Å². The second-order valence-corrected chi connectivity index (χ2v) is 4.57. The van der Waals surface area contributed by atoms with E-state index >= 15 is 0 Å². The molecule has 2 rings (SSSR count). The molecule has 0 unspecified atom stereocenters. The second kappa shape index (κ2) is 6.06. The van der Waals surface area contributed by atoms with Crippen molar-refractivity contribution < 1.29 is 9.90 Å². The number of phenols is 1. The summed E-state index contributed by atoms with van der Waals surface area (Å²) in [4.78, 5) is 11.8. The first-order valence-electron chi connectivity index (χ1n) is 6.29. The van der Waals surface area contributed by atoms with Crippen LogP contribution in [0.4, 0.5) is 0 Å². The van der Waals surface area contributed by atoms with Crippen molar-refractivity contribution in [2.75, 3.05) is 0 Å². The van der Waals surface area contributed by atoms with Crippen molar-refractivity contribution >= 4 is 11.6 Å². The van der Waals surface area contributed by atoms with Crippen LogP contribution in [-0.2, 0) is 18.3 Å². The van der Waals surface area contributed by atoms with E-state index in [0.717, 1.165) is 11.3 Å². The number of hydrogen-bond donors (Lipinski definition) is 2. The number of aromatic nitrogens is 1. The van der Waals surface area contributed by atoms with Crippen LogP contribution in [0.3, 0.4) is 0 Å². The number of nitrogens with one attached hydrogen (secondary N) is 1. The number of aromatic hydroxyl groups is 1. The highest BCUT2D eigenvalue weighted by molar-refractivity contribution is 5.99. The van der Waals surface area contributed by atoms with Crippen molar-refractivity contribution in [3.63, 3.8) is 0 Å². The molecule has 2 aromatic rings. The van der Waals surface area contributed by atoms with E-state index < -0.39 is 0 Å². The van der Waals surface area contributed by atoms with E-state index in [4.69, 9.17) is 0 Å². The van der Waals surface area contributed by atoms with Crippen LogP contribution in [0.15, 0.2) is 47.7 Å². The Bertz CT molecular complexity index is 627. The number of aryl methyl sites for hydroxylation is 1. The van der Waals surface area contributed by atoms with Crippen LogP contribution in [-0.4, -0.2) is 21.3 Å². The second-order valence-electron chi connectivity index (χ2n) is 4.57. The SMILES string of the molecule is C/C(=N/NC(=O)Cc1cccn1C)c1ccc(O)cc1. The Morgan fingerprint density at radius 3 is 2.60 bits per heavy atom. The van der Waals surface area contributed by atoms with Crippen LogP contribution in [0.25, 0.3) is 0 Å². The van der Waals surface area contributed by atoms with E-state index in [-0.39, 0.29) is 18.1 Å². The van der Waals surface area contributed by atoms with Gasteiger partial charge in [-0.25, -0.2) is 5.43 Å². The number of benzene rings is 1. The first-order chi connectivity index (χ1) is 9.56. The van der Waals surface area contributed by atoms with Crippen LogP contribution in [0.1, 0.15) is 18.2 Å². The van der Waals surface area contributed by atoms with Crippen molar-refractivity contribution in [3.8, 4) is 5.75 Å². The van der Waals surface area contributed by atoms with Gasteiger partial charge >= 0.3 is 0 Å². The molecule has 1 aromatic carbocycles. The minimum Gasteiger partial charge on any atom is -0.508 e. The number of amides is 1. The van der Waals surface area contributed by atoms with Crippen LogP contribution in [0.5, 0.6) is 5.75 Å². The zero-order chi connectivity index (χ0) is 14.5. The predicted molar refractivity (Wildman–Crippen MR) is 77.6 cm³/mol. The molecule has 0 spiro atoms. The smallest absolute Gasteiger partial charge is 0.246 e. The maximum absolute atomic E-state index is 11.8. The lowest BCUT2D eigenvalue weighted by Crippen LogP contribution is -2.22. The van der Waals surface area contributed by atoms with Gasteiger partial charge in [0.1, 0.15) is 5.75 Å². The summed E-state index contributed by atoms with van der Waals surface area (Å²) in [7, 11) is 1.90. The Hall–Kier alpha value is -2.56. The van der Waals surface area contributed by atoms with Gasteiger partial charge in [0.25, 0.3) is 0 Å². The third-order valence-electron chi connectivity index (χ3n) is 3.03.